The van der Waals surface area contributed by atoms with Gasteiger partial charge in [0.15, 0.2) is 0 Å². The summed E-state index contributed by atoms with van der Waals surface area (Å²) in [6.45, 7) is 8.96. The van der Waals surface area contributed by atoms with Gasteiger partial charge in [-0.15, -0.1) is 11.8 Å². The number of nitrogens with zero attached hydrogens (tertiary/aromatic N) is 1. The molecular weight excluding hydrogens is 380 g/mol. The Hall–Kier alpha value is -2.27. The first-order chi connectivity index (χ1) is 13.9. The summed E-state index contributed by atoms with van der Waals surface area (Å²) in [4.78, 5) is 27.4. The molecule has 1 atom stereocenters. The lowest BCUT2D eigenvalue weighted by Gasteiger charge is -2.30. The standard InChI is InChI=1S/C24H32N2O2S/c1-5-22(24(28)25-6-2)26(15-21-9-7-8-19(4)14-21)23(27)17-29-16-20-12-10-18(3)11-13-20/h7-14,22H,5-6,15-17H2,1-4H3,(H,25,28)/t22-/m0/s1. The van der Waals surface area contributed by atoms with Crippen molar-refractivity contribution < 1.29 is 9.59 Å². The minimum atomic E-state index is -0.456. The maximum Gasteiger partial charge on any atom is 0.242 e. The maximum absolute atomic E-state index is 13.1. The van der Waals surface area contributed by atoms with E-state index in [0.29, 0.717) is 25.3 Å². The molecule has 2 amide bonds. The lowest BCUT2D eigenvalue weighted by atomic mass is 10.1. The van der Waals surface area contributed by atoms with Crippen molar-refractivity contribution in [2.75, 3.05) is 12.3 Å². The second kappa shape index (κ2) is 11.7. The molecule has 156 valence electrons. The molecule has 0 aliphatic rings. The fourth-order valence-corrected chi connectivity index (χ4v) is 4.11. The monoisotopic (exact) mass is 412 g/mol. The fraction of sp³-hybridized carbons (Fsp3) is 0.417. The number of aryl methyl sites for hydroxylation is 2. The Morgan fingerprint density at radius 3 is 2.34 bits per heavy atom. The first-order valence-corrected chi connectivity index (χ1v) is 11.4. The van der Waals surface area contributed by atoms with Gasteiger partial charge in [-0.3, -0.25) is 9.59 Å². The summed E-state index contributed by atoms with van der Waals surface area (Å²) in [5.74, 6) is 1.05. The van der Waals surface area contributed by atoms with E-state index in [4.69, 9.17) is 0 Å². The van der Waals surface area contributed by atoms with Gasteiger partial charge >= 0.3 is 0 Å². The Balaban J connectivity index is 2.10. The molecule has 0 bridgehead atoms. The number of thioether (sulfide) groups is 1. The highest BCUT2D eigenvalue weighted by atomic mass is 32.2. The summed E-state index contributed by atoms with van der Waals surface area (Å²) >= 11 is 1.59. The molecule has 2 aromatic rings. The summed E-state index contributed by atoms with van der Waals surface area (Å²) in [5.41, 5.74) is 4.63. The molecule has 4 nitrogen and oxygen atoms in total. The normalized spacial score (nSPS) is 11.7. The summed E-state index contributed by atoms with van der Waals surface area (Å²) in [7, 11) is 0. The molecule has 0 aliphatic carbocycles. The second-order valence-electron chi connectivity index (χ2n) is 7.31. The third-order valence-electron chi connectivity index (χ3n) is 4.79. The van der Waals surface area contributed by atoms with Gasteiger partial charge in [-0.05, 0) is 38.3 Å². The number of carbonyl (C=O) groups is 2. The molecule has 2 aromatic carbocycles. The van der Waals surface area contributed by atoms with Gasteiger partial charge in [-0.1, -0.05) is 66.6 Å². The number of amides is 2. The van der Waals surface area contributed by atoms with Crippen molar-refractivity contribution in [1.82, 2.24) is 10.2 Å². The van der Waals surface area contributed by atoms with Gasteiger partial charge in [-0.2, -0.15) is 0 Å². The van der Waals surface area contributed by atoms with Crippen LogP contribution in [-0.2, 0) is 21.9 Å². The number of benzene rings is 2. The van der Waals surface area contributed by atoms with E-state index >= 15 is 0 Å². The molecule has 0 unspecified atom stereocenters. The molecule has 1 N–H and O–H groups in total. The molecule has 0 radical (unpaired) electrons. The van der Waals surface area contributed by atoms with Crippen molar-refractivity contribution in [2.24, 2.45) is 0 Å². The highest BCUT2D eigenvalue weighted by molar-refractivity contribution is 7.99. The Kier molecular flexibility index (Phi) is 9.26. The molecule has 2 rings (SSSR count). The van der Waals surface area contributed by atoms with E-state index in [1.807, 2.05) is 39.0 Å². The van der Waals surface area contributed by atoms with Crippen LogP contribution in [0.1, 0.15) is 42.5 Å². The Labute approximate surface area is 179 Å². The minimum absolute atomic E-state index is 0.00159. The molecule has 0 fully saturated rings. The van der Waals surface area contributed by atoms with Crippen LogP contribution in [0.15, 0.2) is 48.5 Å². The number of likely N-dealkylation sites (N-methyl/N-ethyl adjacent to an activating group) is 1. The van der Waals surface area contributed by atoms with Crippen molar-refractivity contribution in [3.63, 3.8) is 0 Å². The maximum atomic E-state index is 13.1. The lowest BCUT2D eigenvalue weighted by molar-refractivity contribution is -0.139. The Morgan fingerprint density at radius 1 is 1.00 bits per heavy atom. The van der Waals surface area contributed by atoms with Crippen molar-refractivity contribution in [3.05, 3.63) is 70.8 Å². The van der Waals surface area contributed by atoms with E-state index in [2.05, 4.69) is 42.6 Å². The van der Waals surface area contributed by atoms with Crippen LogP contribution in [0.5, 0.6) is 0 Å². The minimum Gasteiger partial charge on any atom is -0.355 e. The zero-order valence-electron chi connectivity index (χ0n) is 17.9. The highest BCUT2D eigenvalue weighted by Crippen LogP contribution is 2.18. The smallest absolute Gasteiger partial charge is 0.242 e. The van der Waals surface area contributed by atoms with Gasteiger partial charge in [-0.25, -0.2) is 0 Å². The van der Waals surface area contributed by atoms with E-state index < -0.39 is 6.04 Å². The summed E-state index contributed by atoms with van der Waals surface area (Å²) in [6, 6.07) is 16.0. The van der Waals surface area contributed by atoms with E-state index in [9.17, 15) is 9.59 Å². The van der Waals surface area contributed by atoms with Crippen molar-refractivity contribution >= 4 is 23.6 Å². The third-order valence-corrected chi connectivity index (χ3v) is 5.78. The van der Waals surface area contributed by atoms with Crippen LogP contribution in [0.25, 0.3) is 0 Å². The van der Waals surface area contributed by atoms with Crippen molar-refractivity contribution in [1.29, 1.82) is 0 Å². The average Bonchev–Trinajstić information content (AvgIpc) is 2.69. The highest BCUT2D eigenvalue weighted by Gasteiger charge is 2.28. The van der Waals surface area contributed by atoms with Crippen LogP contribution in [0, 0.1) is 13.8 Å². The summed E-state index contributed by atoms with van der Waals surface area (Å²) in [6.07, 6.45) is 0.589. The van der Waals surface area contributed by atoms with Gasteiger partial charge < -0.3 is 10.2 Å². The lowest BCUT2D eigenvalue weighted by Crippen LogP contribution is -2.49. The number of rotatable bonds is 10. The van der Waals surface area contributed by atoms with Crippen LogP contribution >= 0.6 is 11.8 Å². The largest absolute Gasteiger partial charge is 0.355 e. The number of nitrogens with one attached hydrogen (secondary N) is 1. The van der Waals surface area contributed by atoms with Gasteiger partial charge in [0.1, 0.15) is 6.04 Å². The van der Waals surface area contributed by atoms with Gasteiger partial charge in [0, 0.05) is 18.8 Å². The van der Waals surface area contributed by atoms with Crippen LogP contribution < -0.4 is 5.32 Å². The summed E-state index contributed by atoms with van der Waals surface area (Å²) < 4.78 is 0. The first kappa shape index (κ1) is 23.0. The van der Waals surface area contributed by atoms with Crippen LogP contribution in [-0.4, -0.2) is 35.1 Å². The topological polar surface area (TPSA) is 49.4 Å². The molecule has 0 spiro atoms. The Morgan fingerprint density at radius 2 is 1.72 bits per heavy atom. The predicted octanol–water partition coefficient (Wildman–Crippen LogP) is 4.48. The third kappa shape index (κ3) is 7.24. The van der Waals surface area contributed by atoms with Crippen LogP contribution in [0.4, 0.5) is 0 Å². The molecule has 29 heavy (non-hydrogen) atoms. The molecule has 0 heterocycles. The van der Waals surface area contributed by atoms with E-state index in [-0.39, 0.29) is 11.8 Å². The van der Waals surface area contributed by atoms with Gasteiger partial charge in [0.25, 0.3) is 0 Å². The van der Waals surface area contributed by atoms with E-state index in [0.717, 1.165) is 16.9 Å². The molecule has 5 heteroatoms. The SMILES string of the molecule is CCNC(=O)[C@H](CC)N(Cc1cccc(C)c1)C(=O)CSCc1ccc(C)cc1. The first-order valence-electron chi connectivity index (χ1n) is 10.2. The zero-order chi connectivity index (χ0) is 21.2. The second-order valence-corrected chi connectivity index (χ2v) is 8.29. The molecule has 0 saturated heterocycles. The van der Waals surface area contributed by atoms with Crippen molar-refractivity contribution in [3.8, 4) is 0 Å². The molecular formula is C24H32N2O2S. The average molecular weight is 413 g/mol. The number of hydrogen-bond acceptors (Lipinski definition) is 3. The molecule has 0 aromatic heterocycles. The molecule has 0 aliphatic heterocycles. The zero-order valence-corrected chi connectivity index (χ0v) is 18.7. The van der Waals surface area contributed by atoms with Crippen molar-refractivity contribution in [2.45, 2.75) is 52.5 Å². The Bertz CT molecular complexity index is 805. The quantitative estimate of drug-likeness (QED) is 0.626. The van der Waals surface area contributed by atoms with Crippen LogP contribution in [0.3, 0.4) is 0 Å². The molecule has 0 saturated carbocycles. The predicted molar refractivity (Wildman–Crippen MR) is 122 cm³/mol. The fourth-order valence-electron chi connectivity index (χ4n) is 3.24. The van der Waals surface area contributed by atoms with Crippen LogP contribution in [0.2, 0.25) is 0 Å². The van der Waals surface area contributed by atoms with E-state index in [1.54, 1.807) is 16.7 Å². The van der Waals surface area contributed by atoms with Gasteiger partial charge in [0.2, 0.25) is 11.8 Å². The number of carbonyl (C=O) groups excluding carboxylic acids is 2. The number of hydrogen-bond donors (Lipinski definition) is 1. The van der Waals surface area contributed by atoms with Gasteiger partial charge in [0.05, 0.1) is 5.75 Å². The van der Waals surface area contributed by atoms with E-state index in [1.165, 1.54) is 11.1 Å². The summed E-state index contributed by atoms with van der Waals surface area (Å²) in [5, 5.41) is 2.88.